The number of fused-ring (bicyclic) bond motifs is 1. The third-order valence-corrected chi connectivity index (χ3v) is 9.82. The standard InChI is InChI=1S/C22H33NO2Si/c1-8-12-17-18-14-10-11-15-19(18)23(21(24)13-9-2)20(17)16-25-26(6,7)22(3,4)5/h8,10-15,24H,9,16H2,1-7H3. The second-order valence-corrected chi connectivity index (χ2v) is 13.0. The molecule has 26 heavy (non-hydrogen) atoms. The van der Waals surface area contributed by atoms with Crippen LogP contribution in [0.25, 0.3) is 22.9 Å². The van der Waals surface area contributed by atoms with Crippen LogP contribution in [0, 0.1) is 0 Å². The van der Waals surface area contributed by atoms with E-state index in [4.69, 9.17) is 4.43 Å². The SMILES string of the molecule is CC=Cc1c(CO[Si](C)(C)C(C)(C)C)n(C(O)=CCC)c2ccccc12. The van der Waals surface area contributed by atoms with Gasteiger partial charge in [0.1, 0.15) is 0 Å². The summed E-state index contributed by atoms with van der Waals surface area (Å²) in [6.45, 7) is 15.8. The van der Waals surface area contributed by atoms with Gasteiger partial charge < -0.3 is 9.53 Å². The highest BCUT2D eigenvalue weighted by Gasteiger charge is 2.37. The molecule has 0 bridgehead atoms. The summed E-state index contributed by atoms with van der Waals surface area (Å²) in [5.41, 5.74) is 3.14. The summed E-state index contributed by atoms with van der Waals surface area (Å²) in [5, 5.41) is 12.0. The van der Waals surface area contributed by atoms with Crippen molar-refractivity contribution in [3.8, 4) is 0 Å². The third kappa shape index (κ3) is 3.97. The average molecular weight is 372 g/mol. The van der Waals surface area contributed by atoms with Gasteiger partial charge in [0.2, 0.25) is 0 Å². The van der Waals surface area contributed by atoms with E-state index in [9.17, 15) is 5.11 Å². The summed E-state index contributed by atoms with van der Waals surface area (Å²) < 4.78 is 8.46. The molecule has 0 spiro atoms. The molecule has 1 aromatic heterocycles. The summed E-state index contributed by atoms with van der Waals surface area (Å²) in [5.74, 6) is 0.272. The molecule has 1 N–H and O–H groups in total. The molecular formula is C22H33NO2Si. The molecule has 0 saturated heterocycles. The molecule has 0 aliphatic heterocycles. The van der Waals surface area contributed by atoms with Crippen molar-refractivity contribution >= 4 is 31.2 Å². The van der Waals surface area contributed by atoms with Gasteiger partial charge in [-0.3, -0.25) is 4.57 Å². The molecule has 0 aliphatic carbocycles. The minimum absolute atomic E-state index is 0.145. The molecule has 0 unspecified atom stereocenters. The summed E-state index contributed by atoms with van der Waals surface area (Å²) in [7, 11) is -1.90. The van der Waals surface area contributed by atoms with Crippen molar-refractivity contribution in [2.75, 3.05) is 0 Å². The molecular weight excluding hydrogens is 338 g/mol. The van der Waals surface area contributed by atoms with Crippen LogP contribution < -0.4 is 0 Å². The topological polar surface area (TPSA) is 34.4 Å². The Labute approximate surface area is 159 Å². The molecule has 0 amide bonds. The van der Waals surface area contributed by atoms with E-state index in [-0.39, 0.29) is 10.9 Å². The van der Waals surface area contributed by atoms with E-state index in [1.165, 1.54) is 0 Å². The van der Waals surface area contributed by atoms with Gasteiger partial charge in [0, 0.05) is 10.9 Å². The Kier molecular flexibility index (Phi) is 6.19. The lowest BCUT2D eigenvalue weighted by Gasteiger charge is -2.36. The Morgan fingerprint density at radius 2 is 1.88 bits per heavy atom. The molecule has 0 atom stereocenters. The Balaban J connectivity index is 2.64. The zero-order valence-electron chi connectivity index (χ0n) is 17.3. The number of benzene rings is 1. The third-order valence-electron chi connectivity index (χ3n) is 5.34. The number of allylic oxidation sites excluding steroid dienone is 2. The van der Waals surface area contributed by atoms with Gasteiger partial charge in [0.25, 0.3) is 0 Å². The minimum atomic E-state index is -1.90. The van der Waals surface area contributed by atoms with Gasteiger partial charge in [0.05, 0.1) is 17.8 Å². The van der Waals surface area contributed by atoms with Gasteiger partial charge in [-0.1, -0.05) is 58.0 Å². The van der Waals surface area contributed by atoms with Crippen LogP contribution in [0.4, 0.5) is 0 Å². The van der Waals surface area contributed by atoms with Crippen LogP contribution in [-0.4, -0.2) is 18.0 Å². The fourth-order valence-electron chi connectivity index (χ4n) is 2.81. The first kappa shape index (κ1) is 20.5. The van der Waals surface area contributed by atoms with E-state index in [2.05, 4.69) is 52.1 Å². The lowest BCUT2D eigenvalue weighted by Crippen LogP contribution is -2.40. The molecule has 0 aliphatic rings. The van der Waals surface area contributed by atoms with Crippen LogP contribution in [0.2, 0.25) is 18.1 Å². The van der Waals surface area contributed by atoms with Crippen LogP contribution in [0.5, 0.6) is 0 Å². The van der Waals surface area contributed by atoms with E-state index >= 15 is 0 Å². The molecule has 0 saturated carbocycles. The van der Waals surface area contributed by atoms with Gasteiger partial charge in [-0.05, 0) is 43.6 Å². The molecule has 1 aromatic carbocycles. The number of hydrogen-bond acceptors (Lipinski definition) is 2. The number of aromatic nitrogens is 1. The summed E-state index contributed by atoms with van der Waals surface area (Å²) in [6.07, 6.45) is 6.78. The summed E-state index contributed by atoms with van der Waals surface area (Å²) in [4.78, 5) is 0. The smallest absolute Gasteiger partial charge is 0.192 e. The first-order valence-corrected chi connectivity index (χ1v) is 12.3. The van der Waals surface area contributed by atoms with Crippen molar-refractivity contribution in [3.05, 3.63) is 47.7 Å². The molecule has 2 aromatic rings. The van der Waals surface area contributed by atoms with E-state index in [1.807, 2.05) is 42.7 Å². The lowest BCUT2D eigenvalue weighted by molar-refractivity contribution is 0.268. The molecule has 1 heterocycles. The lowest BCUT2D eigenvalue weighted by atomic mass is 10.1. The number of para-hydroxylation sites is 1. The number of hydrogen-bond donors (Lipinski definition) is 1. The van der Waals surface area contributed by atoms with Crippen molar-refractivity contribution < 1.29 is 9.53 Å². The number of rotatable bonds is 6. The van der Waals surface area contributed by atoms with Crippen LogP contribution in [-0.2, 0) is 11.0 Å². The largest absolute Gasteiger partial charge is 0.494 e. The predicted octanol–water partition coefficient (Wildman–Crippen LogP) is 6.96. The highest BCUT2D eigenvalue weighted by atomic mass is 28.4. The Morgan fingerprint density at radius 1 is 1.23 bits per heavy atom. The zero-order chi connectivity index (χ0) is 19.5. The number of aliphatic hydroxyl groups excluding tert-OH is 1. The van der Waals surface area contributed by atoms with Crippen molar-refractivity contribution in [1.29, 1.82) is 0 Å². The fraction of sp³-hybridized carbons (Fsp3) is 0.455. The molecule has 142 valence electrons. The maximum Gasteiger partial charge on any atom is 0.192 e. The Hall–Kier alpha value is -1.78. The van der Waals surface area contributed by atoms with Crippen LogP contribution in [0.3, 0.4) is 0 Å². The van der Waals surface area contributed by atoms with Crippen molar-refractivity contribution in [1.82, 2.24) is 4.57 Å². The molecule has 4 heteroatoms. The number of nitrogens with zero attached hydrogens (tertiary/aromatic N) is 1. The first-order chi connectivity index (χ1) is 12.1. The predicted molar refractivity (Wildman–Crippen MR) is 116 cm³/mol. The van der Waals surface area contributed by atoms with Gasteiger partial charge in [-0.15, -0.1) is 0 Å². The number of aliphatic hydroxyl groups is 1. The minimum Gasteiger partial charge on any atom is -0.494 e. The second-order valence-electron chi connectivity index (χ2n) is 8.23. The van der Waals surface area contributed by atoms with Gasteiger partial charge in [0.15, 0.2) is 14.2 Å². The fourth-order valence-corrected chi connectivity index (χ4v) is 3.74. The molecule has 0 radical (unpaired) electrons. The highest BCUT2D eigenvalue weighted by Crippen LogP contribution is 2.38. The Morgan fingerprint density at radius 3 is 2.46 bits per heavy atom. The van der Waals surface area contributed by atoms with E-state index < -0.39 is 8.32 Å². The van der Waals surface area contributed by atoms with Crippen molar-refractivity contribution in [2.24, 2.45) is 0 Å². The van der Waals surface area contributed by atoms with Crippen LogP contribution in [0.1, 0.15) is 52.3 Å². The quantitative estimate of drug-likeness (QED) is 0.440. The summed E-state index contributed by atoms with van der Waals surface area (Å²) >= 11 is 0. The zero-order valence-corrected chi connectivity index (χ0v) is 18.3. The molecule has 0 fully saturated rings. The van der Waals surface area contributed by atoms with Crippen LogP contribution in [0.15, 0.2) is 36.4 Å². The molecule has 2 rings (SSSR count). The van der Waals surface area contributed by atoms with Gasteiger partial charge in [-0.2, -0.15) is 0 Å². The summed E-state index contributed by atoms with van der Waals surface area (Å²) in [6, 6.07) is 8.21. The first-order valence-electron chi connectivity index (χ1n) is 9.42. The normalized spacial score (nSPS) is 13.9. The highest BCUT2D eigenvalue weighted by molar-refractivity contribution is 6.74. The average Bonchev–Trinajstić information content (AvgIpc) is 2.86. The molecule has 3 nitrogen and oxygen atoms in total. The van der Waals surface area contributed by atoms with Gasteiger partial charge in [-0.25, -0.2) is 0 Å². The maximum absolute atomic E-state index is 10.7. The van der Waals surface area contributed by atoms with Crippen LogP contribution >= 0.6 is 0 Å². The monoisotopic (exact) mass is 371 g/mol. The van der Waals surface area contributed by atoms with Gasteiger partial charge >= 0.3 is 0 Å². The van der Waals surface area contributed by atoms with E-state index in [1.54, 1.807) is 0 Å². The van der Waals surface area contributed by atoms with E-state index in [0.717, 1.165) is 28.6 Å². The van der Waals surface area contributed by atoms with E-state index in [0.29, 0.717) is 6.61 Å². The Bertz CT molecular complexity index is 823. The van der Waals surface area contributed by atoms with Crippen molar-refractivity contribution in [2.45, 2.75) is 65.8 Å². The van der Waals surface area contributed by atoms with Crippen molar-refractivity contribution in [3.63, 3.8) is 0 Å². The maximum atomic E-state index is 10.7. The second kappa shape index (κ2) is 7.85.